The summed E-state index contributed by atoms with van der Waals surface area (Å²) in [7, 11) is 0. The molecule has 4 heteroatoms. The van der Waals surface area contributed by atoms with Crippen molar-refractivity contribution in [3.05, 3.63) is 15.9 Å². The predicted octanol–water partition coefficient (Wildman–Crippen LogP) is 0.720. The van der Waals surface area contributed by atoms with Gasteiger partial charge in [-0.15, -0.1) is 11.3 Å². The Morgan fingerprint density at radius 1 is 1.73 bits per heavy atom. The molecule has 0 aromatic carbocycles. The van der Waals surface area contributed by atoms with Crippen LogP contribution in [-0.2, 0) is 6.54 Å². The van der Waals surface area contributed by atoms with Gasteiger partial charge in [0.25, 0.3) is 0 Å². The van der Waals surface area contributed by atoms with Gasteiger partial charge in [0, 0.05) is 24.2 Å². The van der Waals surface area contributed by atoms with Crippen LogP contribution in [0.4, 0.5) is 0 Å². The summed E-state index contributed by atoms with van der Waals surface area (Å²) < 4.78 is 1.90. The number of hydrogen-bond acceptors (Lipinski definition) is 3. The first-order valence-corrected chi connectivity index (χ1v) is 4.44. The molecule has 0 spiro atoms. The SMILES string of the molecule is Cc1csc(=N)n1CCCO. The summed E-state index contributed by atoms with van der Waals surface area (Å²) in [6, 6.07) is 0. The number of aryl methyl sites for hydroxylation is 1. The van der Waals surface area contributed by atoms with Gasteiger partial charge in [-0.25, -0.2) is 0 Å². The molecule has 1 aromatic heterocycles. The van der Waals surface area contributed by atoms with Crippen molar-refractivity contribution in [3.8, 4) is 0 Å². The van der Waals surface area contributed by atoms with Crippen LogP contribution < -0.4 is 4.80 Å². The normalized spacial score (nSPS) is 10.4. The highest BCUT2D eigenvalue weighted by atomic mass is 32.1. The molecule has 62 valence electrons. The zero-order valence-corrected chi connectivity index (χ0v) is 7.32. The molecular weight excluding hydrogens is 160 g/mol. The van der Waals surface area contributed by atoms with E-state index < -0.39 is 0 Å². The summed E-state index contributed by atoms with van der Waals surface area (Å²) in [4.78, 5) is 0.566. The lowest BCUT2D eigenvalue weighted by molar-refractivity contribution is 0.278. The van der Waals surface area contributed by atoms with Gasteiger partial charge in [0.05, 0.1) is 0 Å². The van der Waals surface area contributed by atoms with Crippen LogP contribution in [0, 0.1) is 12.3 Å². The van der Waals surface area contributed by atoms with Crippen molar-refractivity contribution in [3.63, 3.8) is 0 Å². The Morgan fingerprint density at radius 3 is 2.91 bits per heavy atom. The number of aromatic nitrogens is 1. The fourth-order valence-corrected chi connectivity index (χ4v) is 1.71. The third kappa shape index (κ3) is 1.91. The van der Waals surface area contributed by atoms with E-state index in [1.807, 2.05) is 16.9 Å². The predicted molar refractivity (Wildman–Crippen MR) is 44.6 cm³/mol. The second-order valence-electron chi connectivity index (χ2n) is 2.41. The summed E-state index contributed by atoms with van der Waals surface area (Å²) >= 11 is 1.43. The summed E-state index contributed by atoms with van der Waals surface area (Å²) in [6.45, 7) is 2.93. The van der Waals surface area contributed by atoms with Crippen LogP contribution in [0.5, 0.6) is 0 Å². The van der Waals surface area contributed by atoms with E-state index in [9.17, 15) is 0 Å². The first-order valence-electron chi connectivity index (χ1n) is 3.56. The van der Waals surface area contributed by atoms with Gasteiger partial charge in [-0.2, -0.15) is 0 Å². The molecule has 0 radical (unpaired) electrons. The van der Waals surface area contributed by atoms with Gasteiger partial charge < -0.3 is 9.67 Å². The second-order valence-corrected chi connectivity index (χ2v) is 3.27. The summed E-state index contributed by atoms with van der Waals surface area (Å²) in [5, 5.41) is 18.0. The first-order chi connectivity index (χ1) is 5.25. The standard InChI is InChI=1S/C7H12N2OS/c1-6-5-11-7(8)9(6)3-2-4-10/h5,8,10H,2-4H2,1H3. The van der Waals surface area contributed by atoms with E-state index in [4.69, 9.17) is 10.5 Å². The lowest BCUT2D eigenvalue weighted by atomic mass is 10.4. The van der Waals surface area contributed by atoms with Crippen molar-refractivity contribution in [2.45, 2.75) is 19.9 Å². The molecule has 0 aliphatic carbocycles. The van der Waals surface area contributed by atoms with Crippen molar-refractivity contribution in [1.82, 2.24) is 4.57 Å². The van der Waals surface area contributed by atoms with Crippen molar-refractivity contribution in [2.24, 2.45) is 0 Å². The first kappa shape index (κ1) is 8.49. The number of nitrogens with one attached hydrogen (secondary N) is 1. The molecule has 3 nitrogen and oxygen atoms in total. The second kappa shape index (κ2) is 3.69. The topological polar surface area (TPSA) is 49.0 Å². The van der Waals surface area contributed by atoms with Crippen LogP contribution in [0.2, 0.25) is 0 Å². The summed E-state index contributed by atoms with van der Waals surface area (Å²) in [6.07, 6.45) is 0.730. The number of hydrogen-bond donors (Lipinski definition) is 2. The van der Waals surface area contributed by atoms with Gasteiger partial charge in [0.15, 0.2) is 4.80 Å². The van der Waals surface area contributed by atoms with Gasteiger partial charge in [-0.1, -0.05) is 0 Å². The van der Waals surface area contributed by atoms with Gasteiger partial charge in [-0.3, -0.25) is 5.41 Å². The van der Waals surface area contributed by atoms with E-state index in [1.54, 1.807) is 0 Å². The molecule has 1 heterocycles. The largest absolute Gasteiger partial charge is 0.396 e. The Bertz CT molecular complexity index is 276. The van der Waals surface area contributed by atoms with Crippen LogP contribution in [0.15, 0.2) is 5.38 Å². The summed E-state index contributed by atoms with van der Waals surface area (Å²) in [5.41, 5.74) is 1.11. The highest BCUT2D eigenvalue weighted by Crippen LogP contribution is 1.99. The molecule has 0 unspecified atom stereocenters. The maximum Gasteiger partial charge on any atom is 0.182 e. The number of rotatable bonds is 3. The number of nitrogens with zero attached hydrogens (tertiary/aromatic N) is 1. The molecule has 0 aliphatic rings. The van der Waals surface area contributed by atoms with Crippen LogP contribution in [0.25, 0.3) is 0 Å². The zero-order chi connectivity index (χ0) is 8.27. The van der Waals surface area contributed by atoms with Crippen LogP contribution >= 0.6 is 11.3 Å². The Hall–Kier alpha value is -0.610. The van der Waals surface area contributed by atoms with Crippen LogP contribution in [0.3, 0.4) is 0 Å². The van der Waals surface area contributed by atoms with Crippen LogP contribution in [0.1, 0.15) is 12.1 Å². The number of aliphatic hydroxyl groups excluding tert-OH is 1. The third-order valence-corrected chi connectivity index (χ3v) is 2.45. The van der Waals surface area contributed by atoms with Gasteiger partial charge in [0.2, 0.25) is 0 Å². The van der Waals surface area contributed by atoms with E-state index in [1.165, 1.54) is 11.3 Å². The molecular formula is C7H12N2OS. The van der Waals surface area contributed by atoms with Crippen molar-refractivity contribution in [2.75, 3.05) is 6.61 Å². The van der Waals surface area contributed by atoms with E-state index in [0.29, 0.717) is 4.80 Å². The molecule has 2 N–H and O–H groups in total. The molecule has 0 atom stereocenters. The summed E-state index contributed by atoms with van der Waals surface area (Å²) in [5.74, 6) is 0. The molecule has 0 fully saturated rings. The molecule has 0 bridgehead atoms. The van der Waals surface area contributed by atoms with Crippen molar-refractivity contribution < 1.29 is 5.11 Å². The minimum atomic E-state index is 0.196. The van der Waals surface area contributed by atoms with Gasteiger partial charge in [-0.05, 0) is 13.3 Å². The average Bonchev–Trinajstić information content (AvgIpc) is 2.29. The Labute approximate surface area is 69.4 Å². The molecule has 0 amide bonds. The number of thiazole rings is 1. The molecule has 1 aromatic rings. The fourth-order valence-electron chi connectivity index (χ4n) is 0.935. The Balaban J connectivity index is 2.75. The monoisotopic (exact) mass is 172 g/mol. The van der Waals surface area contributed by atoms with E-state index in [-0.39, 0.29) is 6.61 Å². The molecule has 0 saturated heterocycles. The number of aliphatic hydroxyl groups is 1. The Morgan fingerprint density at radius 2 is 2.45 bits per heavy atom. The molecule has 1 rings (SSSR count). The molecule has 11 heavy (non-hydrogen) atoms. The Kier molecular flexibility index (Phi) is 2.84. The van der Waals surface area contributed by atoms with Gasteiger partial charge in [0.1, 0.15) is 0 Å². The van der Waals surface area contributed by atoms with E-state index >= 15 is 0 Å². The molecule has 0 aliphatic heterocycles. The molecule has 0 saturated carbocycles. The smallest absolute Gasteiger partial charge is 0.182 e. The lowest BCUT2D eigenvalue weighted by Gasteiger charge is -2.01. The maximum absolute atomic E-state index is 8.58. The quantitative estimate of drug-likeness (QED) is 0.693. The van der Waals surface area contributed by atoms with E-state index in [0.717, 1.165) is 18.7 Å². The lowest BCUT2D eigenvalue weighted by Crippen LogP contribution is -2.15. The highest BCUT2D eigenvalue weighted by Gasteiger charge is 1.97. The van der Waals surface area contributed by atoms with E-state index in [2.05, 4.69) is 0 Å². The van der Waals surface area contributed by atoms with Crippen LogP contribution in [-0.4, -0.2) is 16.3 Å². The minimum absolute atomic E-state index is 0.196. The zero-order valence-electron chi connectivity index (χ0n) is 6.50. The highest BCUT2D eigenvalue weighted by molar-refractivity contribution is 7.07. The maximum atomic E-state index is 8.58. The fraction of sp³-hybridized carbons (Fsp3) is 0.571. The average molecular weight is 172 g/mol. The third-order valence-electron chi connectivity index (χ3n) is 1.55. The van der Waals surface area contributed by atoms with Crippen molar-refractivity contribution >= 4 is 11.3 Å². The van der Waals surface area contributed by atoms with Crippen molar-refractivity contribution in [1.29, 1.82) is 5.41 Å². The minimum Gasteiger partial charge on any atom is -0.396 e. The van der Waals surface area contributed by atoms with Gasteiger partial charge >= 0.3 is 0 Å².